The molecule has 0 saturated carbocycles. The highest BCUT2D eigenvalue weighted by Gasteiger charge is 2.34. The summed E-state index contributed by atoms with van der Waals surface area (Å²) in [5, 5.41) is 0. The highest BCUT2D eigenvalue weighted by molar-refractivity contribution is 6.97. The summed E-state index contributed by atoms with van der Waals surface area (Å²) in [5.74, 6) is 2.95. The number of aryl methyl sites for hydroxylation is 2. The van der Waals surface area contributed by atoms with Gasteiger partial charge < -0.3 is 4.74 Å². The van der Waals surface area contributed by atoms with E-state index in [1.807, 2.05) is 6.07 Å². The van der Waals surface area contributed by atoms with E-state index in [0.29, 0.717) is 0 Å². The lowest BCUT2D eigenvalue weighted by atomic mass is 9.36. The summed E-state index contributed by atoms with van der Waals surface area (Å²) in [6.45, 7) is 2.29. The lowest BCUT2D eigenvalue weighted by Gasteiger charge is -2.26. The van der Waals surface area contributed by atoms with E-state index in [1.165, 1.54) is 27.5 Å². The summed E-state index contributed by atoms with van der Waals surface area (Å²) in [5.41, 5.74) is 8.37. The molecule has 148 valence electrons. The molecule has 0 unspecified atom stereocenters. The summed E-state index contributed by atoms with van der Waals surface area (Å²) in [6.07, 6.45) is 0. The normalized spacial score (nSPS) is 12.4. The van der Waals surface area contributed by atoms with Crippen molar-refractivity contribution in [2.45, 2.75) is 6.92 Å². The van der Waals surface area contributed by atoms with Gasteiger partial charge in [-0.1, -0.05) is 72.2 Å². The number of hydrogen-bond donors (Lipinski definition) is 1. The van der Waals surface area contributed by atoms with Gasteiger partial charge in [0, 0.05) is 6.07 Å². The molecule has 1 aliphatic heterocycles. The van der Waals surface area contributed by atoms with Crippen molar-refractivity contribution >= 4 is 34.1 Å². The quantitative estimate of drug-likeness (QED) is 0.349. The van der Waals surface area contributed by atoms with Crippen molar-refractivity contribution in [3.05, 3.63) is 96.6 Å². The molecule has 6 rings (SSSR count). The molecule has 0 radical (unpaired) electrons. The first kappa shape index (κ1) is 18.0. The molecule has 31 heavy (non-hydrogen) atoms. The Kier molecular flexibility index (Phi) is 4.00. The van der Waals surface area contributed by atoms with Crippen LogP contribution in [0.2, 0.25) is 0 Å². The van der Waals surface area contributed by atoms with Crippen molar-refractivity contribution < 1.29 is 9.30 Å². The molecule has 4 heteroatoms. The third kappa shape index (κ3) is 2.79. The summed E-state index contributed by atoms with van der Waals surface area (Å²) in [4.78, 5) is 3.67. The van der Waals surface area contributed by atoms with Crippen LogP contribution in [0.25, 0.3) is 22.4 Å². The Morgan fingerprint density at radius 1 is 0.774 bits per heavy atom. The molecule has 0 atom stereocenters. The van der Waals surface area contributed by atoms with E-state index in [1.54, 1.807) is 0 Å². The second kappa shape index (κ2) is 6.88. The van der Waals surface area contributed by atoms with Gasteiger partial charge >= 0.3 is 0 Å². The number of nitrogens with one attached hydrogen (secondary N) is 1. The SMILES string of the molecule is Cc1ccccc1-c1[nH]c2cc3c(cc2[n+]1C)Oc1ccccc1B3c1ccccc1. The minimum absolute atomic E-state index is 0.140. The fraction of sp³-hybridized carbons (Fsp3) is 0.0741. The minimum Gasteiger partial charge on any atom is -0.458 e. The molecule has 5 aromatic rings. The average molecular weight is 401 g/mol. The van der Waals surface area contributed by atoms with Gasteiger partial charge in [0.1, 0.15) is 11.5 Å². The molecule has 0 bridgehead atoms. The van der Waals surface area contributed by atoms with E-state index < -0.39 is 0 Å². The number of rotatable bonds is 2. The Morgan fingerprint density at radius 3 is 2.35 bits per heavy atom. The Bertz CT molecular complexity index is 1440. The van der Waals surface area contributed by atoms with Crippen LogP contribution < -0.4 is 25.7 Å². The maximum atomic E-state index is 6.40. The molecule has 3 nitrogen and oxygen atoms in total. The Hall–Kier alpha value is -3.79. The number of H-pyrrole nitrogens is 1. The number of ether oxygens (including phenoxy) is 1. The van der Waals surface area contributed by atoms with Crippen molar-refractivity contribution in [3.8, 4) is 22.9 Å². The molecule has 0 amide bonds. The standard InChI is InChI=1S/C27H21BN2O/c1-18-10-6-7-13-20(18)27-29-23-16-22-26(17-24(23)30(27)2)31-25-15-9-8-14-21(25)28(22)19-11-4-3-5-12-19/h3-17H,1-2H3/p+1. The first-order chi connectivity index (χ1) is 15.2. The van der Waals surface area contributed by atoms with Crippen molar-refractivity contribution in [2.24, 2.45) is 7.05 Å². The predicted octanol–water partition coefficient (Wildman–Crippen LogP) is 3.59. The lowest BCUT2D eigenvalue weighted by molar-refractivity contribution is -0.633. The number of imidazole rings is 1. The van der Waals surface area contributed by atoms with Gasteiger partial charge in [-0.2, -0.15) is 0 Å². The predicted molar refractivity (Wildman–Crippen MR) is 127 cm³/mol. The molecule has 1 aliphatic rings. The Balaban J connectivity index is 1.60. The zero-order valence-corrected chi connectivity index (χ0v) is 17.6. The third-order valence-corrected chi connectivity index (χ3v) is 6.37. The van der Waals surface area contributed by atoms with Gasteiger partial charge in [0.25, 0.3) is 12.5 Å². The number of benzene rings is 4. The van der Waals surface area contributed by atoms with Crippen LogP contribution in [-0.4, -0.2) is 11.7 Å². The van der Waals surface area contributed by atoms with Crippen LogP contribution in [0.1, 0.15) is 5.56 Å². The first-order valence-corrected chi connectivity index (χ1v) is 10.6. The average Bonchev–Trinajstić information content (AvgIpc) is 3.12. The molecule has 2 heterocycles. The van der Waals surface area contributed by atoms with Gasteiger partial charge in [-0.15, -0.1) is 0 Å². The van der Waals surface area contributed by atoms with Crippen molar-refractivity contribution in [3.63, 3.8) is 0 Å². The monoisotopic (exact) mass is 401 g/mol. The van der Waals surface area contributed by atoms with E-state index >= 15 is 0 Å². The molecule has 4 aromatic carbocycles. The van der Waals surface area contributed by atoms with E-state index in [-0.39, 0.29) is 6.71 Å². The van der Waals surface area contributed by atoms with E-state index in [2.05, 4.69) is 108 Å². The van der Waals surface area contributed by atoms with Crippen LogP contribution in [0, 0.1) is 6.92 Å². The molecule has 0 fully saturated rings. The molecular formula is C27H22BN2O+. The van der Waals surface area contributed by atoms with Gasteiger partial charge in [0.15, 0.2) is 11.0 Å². The van der Waals surface area contributed by atoms with Crippen LogP contribution in [0.3, 0.4) is 0 Å². The van der Waals surface area contributed by atoms with Crippen LogP contribution in [0.15, 0.2) is 91.0 Å². The largest absolute Gasteiger partial charge is 0.458 e. The van der Waals surface area contributed by atoms with Gasteiger partial charge in [-0.25, -0.2) is 9.55 Å². The second-order valence-electron chi connectivity index (χ2n) is 8.24. The smallest absolute Gasteiger partial charge is 0.287 e. The number of aromatic nitrogens is 2. The van der Waals surface area contributed by atoms with Crippen molar-refractivity contribution in [2.75, 3.05) is 0 Å². The molecule has 1 N–H and O–H groups in total. The fourth-order valence-corrected chi connectivity index (χ4v) is 4.80. The number of nitrogens with zero attached hydrogens (tertiary/aromatic N) is 1. The van der Waals surface area contributed by atoms with Crippen molar-refractivity contribution in [1.82, 2.24) is 4.98 Å². The maximum Gasteiger partial charge on any atom is 0.287 e. The third-order valence-electron chi connectivity index (χ3n) is 6.37. The van der Waals surface area contributed by atoms with E-state index in [0.717, 1.165) is 28.4 Å². The van der Waals surface area contributed by atoms with Crippen molar-refractivity contribution in [1.29, 1.82) is 0 Å². The van der Waals surface area contributed by atoms with Gasteiger partial charge in [-0.3, -0.25) is 0 Å². The molecule has 0 saturated heterocycles. The number of fused-ring (bicyclic) bond motifs is 3. The van der Waals surface area contributed by atoms with Gasteiger partial charge in [-0.05, 0) is 41.6 Å². The molecular weight excluding hydrogens is 379 g/mol. The van der Waals surface area contributed by atoms with E-state index in [9.17, 15) is 0 Å². The zero-order chi connectivity index (χ0) is 20.9. The lowest BCUT2D eigenvalue weighted by Crippen LogP contribution is -2.54. The van der Waals surface area contributed by atoms with Crippen LogP contribution in [-0.2, 0) is 7.05 Å². The summed E-state index contributed by atoms with van der Waals surface area (Å²) >= 11 is 0. The highest BCUT2D eigenvalue weighted by atomic mass is 16.5. The zero-order valence-electron chi connectivity index (χ0n) is 17.6. The first-order valence-electron chi connectivity index (χ1n) is 10.6. The van der Waals surface area contributed by atoms with Crippen LogP contribution in [0.4, 0.5) is 0 Å². The highest BCUT2D eigenvalue weighted by Crippen LogP contribution is 2.28. The van der Waals surface area contributed by atoms with Gasteiger partial charge in [0.2, 0.25) is 0 Å². The van der Waals surface area contributed by atoms with Crippen LogP contribution in [0.5, 0.6) is 11.5 Å². The molecule has 0 aliphatic carbocycles. The minimum atomic E-state index is 0.140. The summed E-state index contributed by atoms with van der Waals surface area (Å²) < 4.78 is 8.63. The fourth-order valence-electron chi connectivity index (χ4n) is 4.80. The summed E-state index contributed by atoms with van der Waals surface area (Å²) in [6, 6.07) is 32.0. The number of para-hydroxylation sites is 1. The summed E-state index contributed by atoms with van der Waals surface area (Å²) in [7, 11) is 2.11. The number of hydrogen-bond acceptors (Lipinski definition) is 1. The Labute approximate surface area is 182 Å². The number of aromatic amines is 1. The molecule has 0 spiro atoms. The van der Waals surface area contributed by atoms with E-state index in [4.69, 9.17) is 4.74 Å². The van der Waals surface area contributed by atoms with Crippen LogP contribution >= 0.6 is 0 Å². The van der Waals surface area contributed by atoms with Gasteiger partial charge in [0.05, 0.1) is 12.6 Å². The Morgan fingerprint density at radius 2 is 1.52 bits per heavy atom. The second-order valence-corrected chi connectivity index (χ2v) is 8.24. The topological polar surface area (TPSA) is 28.9 Å². The maximum absolute atomic E-state index is 6.40. The molecule has 1 aromatic heterocycles.